The number of carbonyl (C=O) groups excluding carboxylic acids is 1. The number of esters is 1. The van der Waals surface area contributed by atoms with E-state index in [1.165, 1.54) is 30.6 Å². The molecule has 2 saturated heterocycles. The van der Waals surface area contributed by atoms with Crippen LogP contribution >= 0.6 is 0 Å². The Morgan fingerprint density at radius 3 is 2.96 bits per heavy atom. The summed E-state index contributed by atoms with van der Waals surface area (Å²) in [6, 6.07) is 9.49. The van der Waals surface area contributed by atoms with E-state index < -0.39 is 0 Å². The topological polar surface area (TPSA) is 41.6 Å². The molecular formula is C21H28N2O2. The van der Waals surface area contributed by atoms with Crippen molar-refractivity contribution in [2.45, 2.75) is 56.5 Å². The first-order valence-electron chi connectivity index (χ1n) is 9.84. The van der Waals surface area contributed by atoms with Gasteiger partial charge in [-0.15, -0.1) is 0 Å². The van der Waals surface area contributed by atoms with Gasteiger partial charge in [0.05, 0.1) is 19.1 Å². The molecule has 25 heavy (non-hydrogen) atoms. The maximum Gasteiger partial charge on any atom is 0.310 e. The molecule has 1 spiro atoms. The van der Waals surface area contributed by atoms with E-state index in [1.807, 2.05) is 0 Å². The molecule has 0 amide bonds. The van der Waals surface area contributed by atoms with E-state index in [4.69, 9.17) is 4.74 Å². The van der Waals surface area contributed by atoms with Gasteiger partial charge in [-0.2, -0.15) is 0 Å². The van der Waals surface area contributed by atoms with E-state index in [0.717, 1.165) is 25.8 Å². The minimum atomic E-state index is -0.0494. The number of nitrogens with zero attached hydrogens (tertiary/aromatic N) is 1. The quantitative estimate of drug-likeness (QED) is 0.840. The van der Waals surface area contributed by atoms with Crippen LogP contribution < -0.4 is 5.32 Å². The molecule has 3 heterocycles. The van der Waals surface area contributed by atoms with E-state index in [0.29, 0.717) is 6.04 Å². The maximum atomic E-state index is 12.8. The lowest BCUT2D eigenvalue weighted by molar-refractivity contribution is -0.153. The number of nitrogens with one attached hydrogen (secondary N) is 1. The number of hydrogen-bond donors (Lipinski definition) is 1. The van der Waals surface area contributed by atoms with Crippen LogP contribution in [0.1, 0.15) is 44.6 Å². The summed E-state index contributed by atoms with van der Waals surface area (Å²) in [4.78, 5) is 15.5. The molecule has 0 bridgehead atoms. The molecular weight excluding hydrogens is 312 g/mol. The zero-order valence-corrected chi connectivity index (χ0v) is 15.3. The van der Waals surface area contributed by atoms with Crippen LogP contribution in [0.2, 0.25) is 0 Å². The van der Waals surface area contributed by atoms with Crippen LogP contribution in [0.15, 0.2) is 24.3 Å². The number of ether oxygens (including phenoxy) is 1. The fourth-order valence-electron chi connectivity index (χ4n) is 7.07. The van der Waals surface area contributed by atoms with Gasteiger partial charge in [0.25, 0.3) is 0 Å². The highest BCUT2D eigenvalue weighted by atomic mass is 16.5. The second-order valence-electron chi connectivity index (χ2n) is 8.55. The number of rotatable bonds is 2. The van der Waals surface area contributed by atoms with Gasteiger partial charge in [0.2, 0.25) is 0 Å². The van der Waals surface area contributed by atoms with E-state index in [2.05, 4.69) is 41.4 Å². The van der Waals surface area contributed by atoms with Gasteiger partial charge in [0, 0.05) is 17.1 Å². The molecule has 0 radical (unpaired) electrons. The molecule has 1 N–H and O–H groups in total. The normalized spacial score (nSPS) is 41.4. The van der Waals surface area contributed by atoms with Gasteiger partial charge in [0.1, 0.15) is 0 Å². The van der Waals surface area contributed by atoms with E-state index in [1.54, 1.807) is 7.11 Å². The summed E-state index contributed by atoms with van der Waals surface area (Å²) >= 11 is 0. The summed E-state index contributed by atoms with van der Waals surface area (Å²) < 4.78 is 5.28. The molecule has 0 unspecified atom stereocenters. The molecule has 4 nitrogen and oxygen atoms in total. The minimum Gasteiger partial charge on any atom is -0.469 e. The molecule has 134 valence electrons. The monoisotopic (exact) mass is 340 g/mol. The first kappa shape index (κ1) is 15.7. The lowest BCUT2D eigenvalue weighted by Crippen LogP contribution is -2.67. The van der Waals surface area contributed by atoms with Crippen LogP contribution in [0.4, 0.5) is 5.69 Å². The van der Waals surface area contributed by atoms with Crippen molar-refractivity contribution in [3.8, 4) is 0 Å². The number of fused-ring (bicyclic) bond motifs is 1. The number of para-hydroxylation sites is 1. The van der Waals surface area contributed by atoms with Gasteiger partial charge in [0.15, 0.2) is 0 Å². The summed E-state index contributed by atoms with van der Waals surface area (Å²) in [5.74, 6) is -0.0772. The van der Waals surface area contributed by atoms with E-state index in [-0.39, 0.29) is 28.8 Å². The lowest BCUT2D eigenvalue weighted by Gasteiger charge is -2.59. The number of hydrogen-bond acceptors (Lipinski definition) is 4. The first-order valence-corrected chi connectivity index (χ1v) is 9.84. The third-order valence-corrected chi connectivity index (χ3v) is 7.90. The Kier molecular flexibility index (Phi) is 3.28. The molecule has 5 atom stereocenters. The molecule has 3 fully saturated rings. The summed E-state index contributed by atoms with van der Waals surface area (Å²) in [7, 11) is 1.55. The lowest BCUT2D eigenvalue weighted by atomic mass is 9.49. The fraction of sp³-hybridized carbons (Fsp3) is 0.667. The van der Waals surface area contributed by atoms with Crippen molar-refractivity contribution in [2.75, 3.05) is 25.5 Å². The van der Waals surface area contributed by atoms with Crippen LogP contribution in [-0.4, -0.2) is 43.2 Å². The van der Waals surface area contributed by atoms with Gasteiger partial charge in [-0.05, 0) is 62.2 Å². The van der Waals surface area contributed by atoms with Crippen molar-refractivity contribution in [3.63, 3.8) is 0 Å². The minimum absolute atomic E-state index is 0.0278. The number of methoxy groups -OCH3 is 1. The summed E-state index contributed by atoms with van der Waals surface area (Å²) in [5.41, 5.74) is 2.98. The van der Waals surface area contributed by atoms with Crippen molar-refractivity contribution in [3.05, 3.63) is 29.8 Å². The maximum absolute atomic E-state index is 12.8. The first-order chi connectivity index (χ1) is 12.2. The van der Waals surface area contributed by atoms with Gasteiger partial charge in [-0.1, -0.05) is 25.1 Å². The van der Waals surface area contributed by atoms with Crippen LogP contribution in [0.3, 0.4) is 0 Å². The van der Waals surface area contributed by atoms with Crippen molar-refractivity contribution in [1.82, 2.24) is 4.90 Å². The second kappa shape index (κ2) is 5.23. The van der Waals surface area contributed by atoms with Crippen molar-refractivity contribution < 1.29 is 9.53 Å². The van der Waals surface area contributed by atoms with Crippen LogP contribution in [-0.2, 0) is 14.9 Å². The Bertz CT molecular complexity index is 720. The molecule has 3 aliphatic heterocycles. The largest absolute Gasteiger partial charge is 0.469 e. The molecule has 4 aliphatic rings. The van der Waals surface area contributed by atoms with Crippen molar-refractivity contribution in [1.29, 1.82) is 0 Å². The molecule has 1 aliphatic carbocycles. The third kappa shape index (κ3) is 1.79. The Morgan fingerprint density at radius 1 is 1.32 bits per heavy atom. The molecule has 0 aromatic heterocycles. The van der Waals surface area contributed by atoms with Crippen molar-refractivity contribution >= 4 is 11.7 Å². The average Bonchev–Trinajstić information content (AvgIpc) is 3.21. The number of benzene rings is 1. The molecule has 1 aromatic carbocycles. The predicted octanol–water partition coefficient (Wildman–Crippen LogP) is 3.18. The Balaban J connectivity index is 1.73. The zero-order valence-electron chi connectivity index (χ0n) is 15.3. The SMILES string of the molecule is CC[C@@]12CCCN3CC[C@]4(c5ccccc5N[C@@H]4[C@@H](C(=O)OC)C1)[C@H]32. The van der Waals surface area contributed by atoms with E-state index >= 15 is 0 Å². The predicted molar refractivity (Wildman–Crippen MR) is 97.6 cm³/mol. The Morgan fingerprint density at radius 2 is 2.16 bits per heavy atom. The molecule has 5 rings (SSSR count). The van der Waals surface area contributed by atoms with Crippen LogP contribution in [0.25, 0.3) is 0 Å². The highest BCUT2D eigenvalue weighted by Gasteiger charge is 2.69. The standard InChI is InChI=1S/C21H28N2O2/c1-3-20-9-6-11-23-12-10-21(19(20)23)15-7-4-5-8-16(15)22-17(21)14(13-20)18(24)25-2/h4-5,7-8,14,17,19,22H,3,6,9-13H2,1-2H3/t14-,17+,19+,20+,21+/m0/s1. The number of carbonyl (C=O) groups is 1. The summed E-state index contributed by atoms with van der Waals surface area (Å²) in [5, 5.41) is 3.77. The van der Waals surface area contributed by atoms with Gasteiger partial charge >= 0.3 is 5.97 Å². The summed E-state index contributed by atoms with van der Waals surface area (Å²) in [6.07, 6.45) is 5.77. The number of anilines is 1. The highest BCUT2D eigenvalue weighted by Crippen LogP contribution is 2.65. The van der Waals surface area contributed by atoms with Crippen molar-refractivity contribution in [2.24, 2.45) is 11.3 Å². The average molecular weight is 340 g/mol. The second-order valence-corrected chi connectivity index (χ2v) is 8.55. The Labute approximate surface area is 149 Å². The third-order valence-electron chi connectivity index (χ3n) is 7.90. The number of piperidine rings is 1. The Hall–Kier alpha value is -1.55. The summed E-state index contributed by atoms with van der Waals surface area (Å²) in [6.45, 7) is 4.71. The molecule has 1 saturated carbocycles. The van der Waals surface area contributed by atoms with Gasteiger partial charge in [-0.25, -0.2) is 0 Å². The zero-order chi connectivity index (χ0) is 17.2. The van der Waals surface area contributed by atoms with Crippen LogP contribution in [0.5, 0.6) is 0 Å². The molecule has 1 aromatic rings. The fourth-order valence-corrected chi connectivity index (χ4v) is 7.07. The van der Waals surface area contributed by atoms with Gasteiger partial charge in [-0.3, -0.25) is 9.69 Å². The highest BCUT2D eigenvalue weighted by molar-refractivity contribution is 5.78. The van der Waals surface area contributed by atoms with E-state index in [9.17, 15) is 4.79 Å². The van der Waals surface area contributed by atoms with Gasteiger partial charge < -0.3 is 10.1 Å². The smallest absolute Gasteiger partial charge is 0.310 e. The molecule has 4 heteroatoms. The van der Waals surface area contributed by atoms with Crippen LogP contribution in [0, 0.1) is 11.3 Å².